The molecule has 0 spiro atoms. The molecule has 1 atom stereocenters. The molecule has 2 aliphatic heterocycles. The minimum Gasteiger partial charge on any atom is -0.454 e. The first-order chi connectivity index (χ1) is 12.8. The van der Waals surface area contributed by atoms with Crippen LogP contribution >= 0.6 is 0 Å². The quantitative estimate of drug-likeness (QED) is 0.679. The molecule has 0 aliphatic carbocycles. The summed E-state index contributed by atoms with van der Waals surface area (Å²) in [6, 6.07) is 13.8. The van der Waals surface area contributed by atoms with Gasteiger partial charge in [0.2, 0.25) is 0 Å². The van der Waals surface area contributed by atoms with Gasteiger partial charge in [0.15, 0.2) is 5.58 Å². The van der Waals surface area contributed by atoms with Crippen molar-refractivity contribution >= 4 is 17.1 Å². The Balaban J connectivity index is 1.44. The number of ether oxygens (including phenoxy) is 2. The molecule has 6 nitrogen and oxygen atoms in total. The highest BCUT2D eigenvalue weighted by Crippen LogP contribution is 2.32. The van der Waals surface area contributed by atoms with E-state index in [1.165, 1.54) is 0 Å². The highest BCUT2D eigenvalue weighted by atomic mass is 16.5. The third kappa shape index (κ3) is 2.71. The van der Waals surface area contributed by atoms with Gasteiger partial charge >= 0.3 is 5.97 Å². The zero-order valence-corrected chi connectivity index (χ0v) is 14.4. The van der Waals surface area contributed by atoms with E-state index < -0.39 is 0 Å². The zero-order valence-electron chi connectivity index (χ0n) is 14.4. The fraction of sp³-hybridized carbons (Fsp3) is 0.350. The molecule has 0 saturated carbocycles. The topological polar surface area (TPSA) is 56.8 Å². The lowest BCUT2D eigenvalue weighted by Crippen LogP contribution is -2.45. The van der Waals surface area contributed by atoms with E-state index in [1.807, 2.05) is 41.0 Å². The molecule has 0 N–H and O–H groups in total. The predicted octanol–water partition coefficient (Wildman–Crippen LogP) is 2.77. The lowest BCUT2D eigenvalue weighted by atomic mass is 10.2. The number of aromatic nitrogens is 1. The van der Waals surface area contributed by atoms with Crippen molar-refractivity contribution in [1.29, 1.82) is 0 Å². The summed E-state index contributed by atoms with van der Waals surface area (Å²) in [5.74, 6) is 0.539. The summed E-state index contributed by atoms with van der Waals surface area (Å²) in [7, 11) is 0. The number of nitrogens with zero attached hydrogens (tertiary/aromatic N) is 2. The Hall–Kier alpha value is -2.57. The van der Waals surface area contributed by atoms with Crippen LogP contribution in [0.3, 0.4) is 0 Å². The minimum atomic E-state index is -0.276. The van der Waals surface area contributed by atoms with Crippen LogP contribution in [-0.4, -0.2) is 54.4 Å². The van der Waals surface area contributed by atoms with Crippen LogP contribution in [0.25, 0.3) is 22.4 Å². The summed E-state index contributed by atoms with van der Waals surface area (Å²) < 4.78 is 19.0. The first kappa shape index (κ1) is 15.7. The van der Waals surface area contributed by atoms with Gasteiger partial charge in [0.25, 0.3) is 0 Å². The maximum Gasteiger partial charge on any atom is 0.355 e. The molecule has 1 unspecified atom stereocenters. The summed E-state index contributed by atoms with van der Waals surface area (Å²) in [4.78, 5) is 14.7. The molecule has 0 amide bonds. The number of cyclic esters (lactones) is 1. The second kappa shape index (κ2) is 6.30. The molecule has 4 heterocycles. The molecule has 2 aromatic heterocycles. The van der Waals surface area contributed by atoms with Crippen LogP contribution in [0.15, 0.2) is 46.9 Å². The molecule has 0 bridgehead atoms. The molecular weight excluding hydrogens is 332 g/mol. The van der Waals surface area contributed by atoms with E-state index in [-0.39, 0.29) is 12.1 Å². The van der Waals surface area contributed by atoms with Gasteiger partial charge in [0.1, 0.15) is 17.6 Å². The molecular formula is C20H20N2O4. The van der Waals surface area contributed by atoms with Crippen LogP contribution in [0.4, 0.5) is 0 Å². The fourth-order valence-electron chi connectivity index (χ4n) is 3.77. The average molecular weight is 352 g/mol. The lowest BCUT2D eigenvalue weighted by Gasteiger charge is -2.32. The van der Waals surface area contributed by atoms with E-state index in [0.29, 0.717) is 12.2 Å². The molecule has 1 saturated heterocycles. The van der Waals surface area contributed by atoms with Crippen LogP contribution in [0, 0.1) is 0 Å². The number of hydrogen-bond donors (Lipinski definition) is 0. The Bertz CT molecular complexity index is 938. The van der Waals surface area contributed by atoms with Crippen molar-refractivity contribution in [2.75, 3.05) is 32.8 Å². The van der Waals surface area contributed by atoms with Crippen LogP contribution in [0.5, 0.6) is 0 Å². The third-order valence-electron chi connectivity index (χ3n) is 5.08. The maximum atomic E-state index is 12.4. The van der Waals surface area contributed by atoms with Crippen LogP contribution in [0.1, 0.15) is 10.5 Å². The normalized spacial score (nSPS) is 20.9. The van der Waals surface area contributed by atoms with Gasteiger partial charge in [0, 0.05) is 37.3 Å². The maximum absolute atomic E-state index is 12.4. The Morgan fingerprint density at radius 2 is 1.88 bits per heavy atom. The summed E-state index contributed by atoms with van der Waals surface area (Å²) in [5, 5.41) is 0. The first-order valence-electron chi connectivity index (χ1n) is 8.97. The molecule has 1 aromatic carbocycles. The van der Waals surface area contributed by atoms with Gasteiger partial charge in [-0.25, -0.2) is 4.79 Å². The number of carbonyl (C=O) groups excluding carboxylic acids is 1. The molecule has 5 rings (SSSR count). The second-order valence-corrected chi connectivity index (χ2v) is 6.81. The van der Waals surface area contributed by atoms with Crippen molar-refractivity contribution in [2.45, 2.75) is 12.6 Å². The van der Waals surface area contributed by atoms with Crippen molar-refractivity contribution in [3.05, 3.63) is 48.2 Å². The lowest BCUT2D eigenvalue weighted by molar-refractivity contribution is -0.0144. The van der Waals surface area contributed by atoms with Crippen molar-refractivity contribution in [1.82, 2.24) is 9.47 Å². The number of esters is 1. The predicted molar refractivity (Wildman–Crippen MR) is 96.1 cm³/mol. The van der Waals surface area contributed by atoms with E-state index in [4.69, 9.17) is 13.9 Å². The van der Waals surface area contributed by atoms with Crippen molar-refractivity contribution in [2.24, 2.45) is 0 Å². The number of hydrogen-bond acceptors (Lipinski definition) is 5. The SMILES string of the molecule is O=C1OC(CN2CCOCC2)Cn2c1cc1oc(-c3ccccc3)cc12. The van der Waals surface area contributed by atoms with Crippen LogP contribution in [0.2, 0.25) is 0 Å². The van der Waals surface area contributed by atoms with Gasteiger partial charge in [-0.1, -0.05) is 30.3 Å². The van der Waals surface area contributed by atoms with Gasteiger partial charge < -0.3 is 18.5 Å². The average Bonchev–Trinajstić information content (AvgIpc) is 3.23. The van der Waals surface area contributed by atoms with Gasteiger partial charge in [-0.2, -0.15) is 0 Å². The Morgan fingerprint density at radius 1 is 1.08 bits per heavy atom. The molecule has 134 valence electrons. The van der Waals surface area contributed by atoms with Crippen molar-refractivity contribution in [3.8, 4) is 11.3 Å². The largest absolute Gasteiger partial charge is 0.454 e. The summed E-state index contributed by atoms with van der Waals surface area (Å²) in [6.07, 6.45) is -0.154. The Morgan fingerprint density at radius 3 is 2.69 bits per heavy atom. The summed E-state index contributed by atoms with van der Waals surface area (Å²) in [5.41, 5.74) is 3.27. The van der Waals surface area contributed by atoms with E-state index in [0.717, 1.165) is 55.3 Å². The number of carbonyl (C=O) groups is 1. The number of fused-ring (bicyclic) bond motifs is 3. The van der Waals surface area contributed by atoms with E-state index in [2.05, 4.69) is 4.90 Å². The van der Waals surface area contributed by atoms with Crippen LogP contribution in [-0.2, 0) is 16.0 Å². The minimum absolute atomic E-state index is 0.154. The number of furan rings is 1. The van der Waals surface area contributed by atoms with E-state index in [9.17, 15) is 4.79 Å². The van der Waals surface area contributed by atoms with Crippen LogP contribution < -0.4 is 0 Å². The van der Waals surface area contributed by atoms with Gasteiger partial charge in [0.05, 0.1) is 25.3 Å². The Labute approximate surface area is 150 Å². The van der Waals surface area contributed by atoms with Gasteiger partial charge in [-0.3, -0.25) is 4.90 Å². The molecule has 26 heavy (non-hydrogen) atoms. The zero-order chi connectivity index (χ0) is 17.5. The molecule has 6 heteroatoms. The molecule has 2 aliphatic rings. The van der Waals surface area contributed by atoms with Crippen molar-refractivity contribution in [3.63, 3.8) is 0 Å². The van der Waals surface area contributed by atoms with Gasteiger partial charge in [-0.05, 0) is 0 Å². The second-order valence-electron chi connectivity index (χ2n) is 6.81. The molecule has 0 radical (unpaired) electrons. The fourth-order valence-corrected chi connectivity index (χ4v) is 3.77. The number of rotatable bonds is 3. The Kier molecular flexibility index (Phi) is 3.80. The van der Waals surface area contributed by atoms with E-state index >= 15 is 0 Å². The van der Waals surface area contributed by atoms with Crippen molar-refractivity contribution < 1.29 is 18.7 Å². The molecule has 1 fully saturated rings. The monoisotopic (exact) mass is 352 g/mol. The van der Waals surface area contributed by atoms with Gasteiger partial charge in [-0.15, -0.1) is 0 Å². The highest BCUT2D eigenvalue weighted by Gasteiger charge is 2.31. The summed E-state index contributed by atoms with van der Waals surface area (Å²) in [6.45, 7) is 4.62. The highest BCUT2D eigenvalue weighted by molar-refractivity contribution is 5.95. The standard InChI is InChI=1S/C20H20N2O4/c23-20-17-11-19-16(10-18(26-19)14-4-2-1-3-5-14)22(17)13-15(25-20)12-21-6-8-24-9-7-21/h1-5,10-11,15H,6-9,12-13H2. The third-order valence-corrected chi connectivity index (χ3v) is 5.08. The first-order valence-corrected chi connectivity index (χ1v) is 8.97. The number of benzene rings is 1. The summed E-state index contributed by atoms with van der Waals surface area (Å²) >= 11 is 0. The molecule has 3 aromatic rings. The van der Waals surface area contributed by atoms with E-state index in [1.54, 1.807) is 6.07 Å². The number of morpholine rings is 1. The smallest absolute Gasteiger partial charge is 0.355 e.